The molecule has 0 spiro atoms. The number of benzene rings is 3. The van der Waals surface area contributed by atoms with Gasteiger partial charge in [-0.3, -0.25) is 10.1 Å². The van der Waals surface area contributed by atoms with Crippen molar-refractivity contribution in [3.8, 4) is 5.75 Å². The van der Waals surface area contributed by atoms with E-state index in [1.165, 1.54) is 7.11 Å². The molecule has 1 aliphatic rings. The van der Waals surface area contributed by atoms with E-state index in [9.17, 15) is 4.79 Å². The van der Waals surface area contributed by atoms with Crippen LogP contribution in [0.3, 0.4) is 0 Å². The second-order valence-corrected chi connectivity index (χ2v) is 8.79. The molecule has 1 aromatic heterocycles. The number of ether oxygens (including phenoxy) is 2. The van der Waals surface area contributed by atoms with Gasteiger partial charge in [0.05, 0.1) is 13.2 Å². The second-order valence-electron chi connectivity index (χ2n) is 8.36. The number of hydrogen-bond acceptors (Lipinski definition) is 4. The molecule has 168 valence electrons. The smallest absolute Gasteiger partial charge is 0.323 e. The zero-order valence-electron chi connectivity index (χ0n) is 18.5. The average Bonchev–Trinajstić information content (AvgIpc) is 3.21. The van der Waals surface area contributed by atoms with Gasteiger partial charge < -0.3 is 14.5 Å². The SMILES string of the molecule is COC(=O)C1Cc2c([nH]c3ccccc23)C(c2cc(Cl)cc(C)c2OCc2ccccc2)N1. The standard InChI is InChI=1S/C27H25ClN2O3/c1-16-12-18(28)13-21(26(16)33-15-17-8-4-3-5-9-17)25-24-20(14-23(30-25)27(31)32-2)19-10-6-7-11-22(19)29-24/h3-13,23,25,29-30H,14-15H2,1-2H3. The predicted octanol–water partition coefficient (Wildman–Crippen LogP) is 5.49. The molecule has 2 N–H and O–H groups in total. The third-order valence-electron chi connectivity index (χ3n) is 6.20. The van der Waals surface area contributed by atoms with Gasteiger partial charge in [0.15, 0.2) is 0 Å². The third kappa shape index (κ3) is 4.10. The number of carbonyl (C=O) groups excluding carboxylic acids is 1. The highest BCUT2D eigenvalue weighted by molar-refractivity contribution is 6.30. The summed E-state index contributed by atoms with van der Waals surface area (Å²) in [5, 5.41) is 5.22. The van der Waals surface area contributed by atoms with Crippen molar-refractivity contribution in [2.45, 2.75) is 32.0 Å². The molecule has 33 heavy (non-hydrogen) atoms. The minimum Gasteiger partial charge on any atom is -0.488 e. The van der Waals surface area contributed by atoms with Gasteiger partial charge in [-0.05, 0) is 41.8 Å². The van der Waals surface area contributed by atoms with Crippen LogP contribution < -0.4 is 10.1 Å². The van der Waals surface area contributed by atoms with Crippen LogP contribution in [-0.4, -0.2) is 24.1 Å². The minimum atomic E-state index is -0.479. The van der Waals surface area contributed by atoms with Crippen molar-refractivity contribution in [3.05, 3.63) is 99.7 Å². The number of hydrogen-bond donors (Lipinski definition) is 2. The summed E-state index contributed by atoms with van der Waals surface area (Å²) in [5.74, 6) is 0.470. The molecule has 0 bridgehead atoms. The van der Waals surface area contributed by atoms with Gasteiger partial charge in [-0.15, -0.1) is 0 Å². The Morgan fingerprint density at radius 3 is 2.64 bits per heavy atom. The summed E-state index contributed by atoms with van der Waals surface area (Å²) in [7, 11) is 1.42. The molecule has 6 heteroatoms. The molecule has 0 amide bonds. The Hall–Kier alpha value is -3.28. The van der Waals surface area contributed by atoms with Gasteiger partial charge in [-0.25, -0.2) is 0 Å². The molecule has 0 saturated heterocycles. The van der Waals surface area contributed by atoms with Gasteiger partial charge in [0.2, 0.25) is 0 Å². The lowest BCUT2D eigenvalue weighted by Gasteiger charge is -2.31. The van der Waals surface area contributed by atoms with E-state index in [0.29, 0.717) is 18.1 Å². The Labute approximate surface area is 197 Å². The first kappa shape index (κ1) is 21.6. The number of esters is 1. The van der Waals surface area contributed by atoms with Crippen LogP contribution in [0.25, 0.3) is 10.9 Å². The summed E-state index contributed by atoms with van der Waals surface area (Å²) in [6, 6.07) is 21.2. The van der Waals surface area contributed by atoms with Gasteiger partial charge in [0.25, 0.3) is 0 Å². The van der Waals surface area contributed by atoms with Crippen molar-refractivity contribution in [2.24, 2.45) is 0 Å². The summed E-state index contributed by atoms with van der Waals surface area (Å²) >= 11 is 6.51. The molecule has 3 aromatic carbocycles. The van der Waals surface area contributed by atoms with E-state index in [4.69, 9.17) is 21.1 Å². The van der Waals surface area contributed by atoms with Crippen LogP contribution in [0, 0.1) is 6.92 Å². The Kier molecular flexibility index (Phi) is 5.83. The minimum absolute atomic E-state index is 0.290. The first-order valence-electron chi connectivity index (χ1n) is 10.9. The second kappa shape index (κ2) is 8.93. The lowest BCUT2D eigenvalue weighted by atomic mass is 9.89. The van der Waals surface area contributed by atoms with Crippen molar-refractivity contribution in [1.29, 1.82) is 0 Å². The monoisotopic (exact) mass is 460 g/mol. The third-order valence-corrected chi connectivity index (χ3v) is 6.42. The van der Waals surface area contributed by atoms with Crippen LogP contribution in [0.4, 0.5) is 0 Å². The van der Waals surface area contributed by atoms with Gasteiger partial charge >= 0.3 is 5.97 Å². The van der Waals surface area contributed by atoms with Crippen LogP contribution in [0.5, 0.6) is 5.75 Å². The quantitative estimate of drug-likeness (QED) is 0.387. The normalized spacial score (nSPS) is 17.5. The highest BCUT2D eigenvalue weighted by atomic mass is 35.5. The predicted molar refractivity (Wildman–Crippen MR) is 130 cm³/mol. The van der Waals surface area contributed by atoms with Crippen molar-refractivity contribution in [3.63, 3.8) is 0 Å². The van der Waals surface area contributed by atoms with E-state index in [-0.39, 0.29) is 12.0 Å². The fourth-order valence-electron chi connectivity index (χ4n) is 4.67. The number of carbonyl (C=O) groups is 1. The molecular formula is C27H25ClN2O3. The Balaban J connectivity index is 1.62. The summed E-state index contributed by atoms with van der Waals surface area (Å²) in [6.45, 7) is 2.42. The molecule has 5 nitrogen and oxygen atoms in total. The Morgan fingerprint density at radius 2 is 1.85 bits per heavy atom. The molecule has 2 heterocycles. The van der Waals surface area contributed by atoms with E-state index < -0.39 is 6.04 Å². The zero-order valence-corrected chi connectivity index (χ0v) is 19.3. The van der Waals surface area contributed by atoms with E-state index in [0.717, 1.165) is 44.6 Å². The number of H-pyrrole nitrogens is 1. The number of rotatable bonds is 5. The number of methoxy groups -OCH3 is 1. The summed E-state index contributed by atoms with van der Waals surface area (Å²) in [6.07, 6.45) is 0.544. The van der Waals surface area contributed by atoms with Gasteiger partial charge in [-0.2, -0.15) is 0 Å². The maximum atomic E-state index is 12.6. The lowest BCUT2D eigenvalue weighted by molar-refractivity contribution is -0.143. The number of aromatic nitrogens is 1. The highest BCUT2D eigenvalue weighted by Crippen LogP contribution is 2.41. The average molecular weight is 461 g/mol. The van der Waals surface area contributed by atoms with Crippen LogP contribution in [0.15, 0.2) is 66.7 Å². The van der Waals surface area contributed by atoms with E-state index in [1.54, 1.807) is 0 Å². The Bertz CT molecular complexity index is 1320. The molecule has 0 radical (unpaired) electrons. The van der Waals surface area contributed by atoms with Crippen molar-refractivity contribution in [1.82, 2.24) is 10.3 Å². The molecule has 1 aliphatic heterocycles. The molecule has 2 unspecified atom stereocenters. The number of aromatic amines is 1. The largest absolute Gasteiger partial charge is 0.488 e. The number of para-hydroxylation sites is 1. The molecule has 0 fully saturated rings. The van der Waals surface area contributed by atoms with E-state index in [2.05, 4.69) is 16.4 Å². The van der Waals surface area contributed by atoms with E-state index >= 15 is 0 Å². The molecule has 0 saturated carbocycles. The molecule has 0 aliphatic carbocycles. The number of fused-ring (bicyclic) bond motifs is 3. The fraction of sp³-hybridized carbons (Fsp3) is 0.222. The maximum Gasteiger partial charge on any atom is 0.323 e. The molecule has 2 atom stereocenters. The molecule has 5 rings (SSSR count). The van der Waals surface area contributed by atoms with Crippen LogP contribution in [-0.2, 0) is 22.6 Å². The first-order valence-corrected chi connectivity index (χ1v) is 11.3. The summed E-state index contributed by atoms with van der Waals surface area (Å²) in [5.41, 5.74) is 6.06. The van der Waals surface area contributed by atoms with Crippen molar-refractivity contribution >= 4 is 28.5 Å². The van der Waals surface area contributed by atoms with Gasteiger partial charge in [-0.1, -0.05) is 60.1 Å². The number of aryl methyl sites for hydroxylation is 1. The number of nitrogens with one attached hydrogen (secondary N) is 2. The Morgan fingerprint density at radius 1 is 1.09 bits per heavy atom. The zero-order chi connectivity index (χ0) is 22.9. The lowest BCUT2D eigenvalue weighted by Crippen LogP contribution is -2.45. The van der Waals surface area contributed by atoms with Gasteiger partial charge in [0, 0.05) is 33.6 Å². The van der Waals surface area contributed by atoms with E-state index in [1.807, 2.05) is 67.6 Å². The fourth-order valence-corrected chi connectivity index (χ4v) is 4.95. The van der Waals surface area contributed by atoms with Crippen LogP contribution in [0.2, 0.25) is 5.02 Å². The first-order chi connectivity index (χ1) is 16.0. The summed E-state index contributed by atoms with van der Waals surface area (Å²) < 4.78 is 11.4. The van der Waals surface area contributed by atoms with Crippen LogP contribution in [0.1, 0.15) is 34.0 Å². The molecular weight excluding hydrogens is 436 g/mol. The van der Waals surface area contributed by atoms with Crippen molar-refractivity contribution < 1.29 is 14.3 Å². The number of halogens is 1. The van der Waals surface area contributed by atoms with Crippen LogP contribution >= 0.6 is 11.6 Å². The highest BCUT2D eigenvalue weighted by Gasteiger charge is 2.36. The summed E-state index contributed by atoms with van der Waals surface area (Å²) in [4.78, 5) is 16.2. The molecule has 4 aromatic rings. The maximum absolute atomic E-state index is 12.6. The van der Waals surface area contributed by atoms with Crippen molar-refractivity contribution in [2.75, 3.05) is 7.11 Å². The van der Waals surface area contributed by atoms with Gasteiger partial charge in [0.1, 0.15) is 18.4 Å². The topological polar surface area (TPSA) is 63.4 Å².